The number of furan rings is 1. The van der Waals surface area contributed by atoms with Gasteiger partial charge in [-0.15, -0.1) is 0 Å². The largest absolute Gasteiger partial charge is 0.438 e. The minimum Gasteiger partial charge on any atom is -0.438 e. The Morgan fingerprint density at radius 1 is 1.30 bits per heavy atom. The standard InChI is InChI=1S/C13H20N2O4S/c1-9-6-10(2)8-15(7-9)13(16)11-4-5-12(19-11)20(17,18)14-3/h4-5,9-10,14H,6-8H2,1-3H3. The highest BCUT2D eigenvalue weighted by molar-refractivity contribution is 7.89. The van der Waals surface area contributed by atoms with Crippen molar-refractivity contribution < 1.29 is 17.6 Å². The Labute approximate surface area is 119 Å². The summed E-state index contributed by atoms with van der Waals surface area (Å²) >= 11 is 0. The quantitative estimate of drug-likeness (QED) is 0.912. The Morgan fingerprint density at radius 3 is 2.45 bits per heavy atom. The third-order valence-corrected chi connectivity index (χ3v) is 4.77. The highest BCUT2D eigenvalue weighted by Crippen LogP contribution is 2.23. The van der Waals surface area contributed by atoms with E-state index in [0.717, 1.165) is 6.42 Å². The van der Waals surface area contributed by atoms with Crippen molar-refractivity contribution in [1.29, 1.82) is 0 Å². The Hall–Kier alpha value is -1.34. The first-order chi connectivity index (χ1) is 9.33. The van der Waals surface area contributed by atoms with Crippen LogP contribution in [-0.2, 0) is 10.0 Å². The van der Waals surface area contributed by atoms with Gasteiger partial charge in [0, 0.05) is 13.1 Å². The van der Waals surface area contributed by atoms with Gasteiger partial charge in [-0.1, -0.05) is 13.8 Å². The van der Waals surface area contributed by atoms with E-state index in [2.05, 4.69) is 18.6 Å². The predicted molar refractivity (Wildman–Crippen MR) is 73.8 cm³/mol. The SMILES string of the molecule is CNS(=O)(=O)c1ccc(C(=O)N2CC(C)CC(C)C2)o1. The van der Waals surface area contributed by atoms with Crippen molar-refractivity contribution >= 4 is 15.9 Å². The van der Waals surface area contributed by atoms with E-state index in [0.29, 0.717) is 24.9 Å². The summed E-state index contributed by atoms with van der Waals surface area (Å²) in [5, 5.41) is -0.235. The zero-order valence-corrected chi connectivity index (χ0v) is 12.7. The Balaban J connectivity index is 2.18. The molecule has 1 aliphatic heterocycles. The van der Waals surface area contributed by atoms with Gasteiger partial charge in [0.15, 0.2) is 5.76 Å². The van der Waals surface area contributed by atoms with Gasteiger partial charge in [0.2, 0.25) is 5.09 Å². The number of nitrogens with zero attached hydrogens (tertiary/aromatic N) is 1. The highest BCUT2D eigenvalue weighted by Gasteiger charge is 2.28. The lowest BCUT2D eigenvalue weighted by Gasteiger charge is -2.34. The van der Waals surface area contributed by atoms with Crippen LogP contribution in [0.4, 0.5) is 0 Å². The molecule has 1 saturated heterocycles. The van der Waals surface area contributed by atoms with Crippen LogP contribution in [-0.4, -0.2) is 39.4 Å². The molecule has 2 atom stereocenters. The third kappa shape index (κ3) is 3.04. The average Bonchev–Trinajstić information content (AvgIpc) is 2.87. The molecule has 112 valence electrons. The first kappa shape index (κ1) is 15.1. The van der Waals surface area contributed by atoms with Crippen molar-refractivity contribution in [3.8, 4) is 0 Å². The van der Waals surface area contributed by atoms with Gasteiger partial charge >= 0.3 is 0 Å². The third-order valence-electron chi connectivity index (χ3n) is 3.48. The number of piperidine rings is 1. The van der Waals surface area contributed by atoms with Crippen LogP contribution in [0.25, 0.3) is 0 Å². The number of likely N-dealkylation sites (tertiary alicyclic amines) is 1. The number of carbonyl (C=O) groups excluding carboxylic acids is 1. The van der Waals surface area contributed by atoms with Gasteiger partial charge in [-0.25, -0.2) is 13.1 Å². The minimum absolute atomic E-state index is 0.0696. The summed E-state index contributed by atoms with van der Waals surface area (Å²) in [6.07, 6.45) is 1.10. The molecule has 2 unspecified atom stereocenters. The summed E-state index contributed by atoms with van der Waals surface area (Å²) in [6.45, 7) is 5.57. The fourth-order valence-corrected chi connectivity index (χ4v) is 3.31. The summed E-state index contributed by atoms with van der Waals surface area (Å²) < 4.78 is 30.5. The van der Waals surface area contributed by atoms with E-state index in [1.54, 1.807) is 4.90 Å². The summed E-state index contributed by atoms with van der Waals surface area (Å²) in [5.41, 5.74) is 0. The number of hydrogen-bond acceptors (Lipinski definition) is 4. The fourth-order valence-electron chi connectivity index (χ4n) is 2.66. The molecular formula is C13H20N2O4S. The van der Waals surface area contributed by atoms with Crippen LogP contribution in [0.2, 0.25) is 0 Å². The average molecular weight is 300 g/mol. The maximum atomic E-state index is 12.3. The minimum atomic E-state index is -3.65. The van der Waals surface area contributed by atoms with Crippen LogP contribution in [0.15, 0.2) is 21.6 Å². The Morgan fingerprint density at radius 2 is 1.90 bits per heavy atom. The van der Waals surface area contributed by atoms with Gasteiger partial charge < -0.3 is 9.32 Å². The molecule has 1 fully saturated rings. The maximum absolute atomic E-state index is 12.3. The normalized spacial score (nSPS) is 23.9. The molecule has 2 heterocycles. The van der Waals surface area contributed by atoms with Crippen molar-refractivity contribution in [2.45, 2.75) is 25.4 Å². The lowest BCUT2D eigenvalue weighted by molar-refractivity contribution is 0.0586. The molecule has 1 aliphatic rings. The lowest BCUT2D eigenvalue weighted by Crippen LogP contribution is -2.42. The van der Waals surface area contributed by atoms with Crippen molar-refractivity contribution in [2.24, 2.45) is 11.8 Å². The summed E-state index contributed by atoms with van der Waals surface area (Å²) in [5.74, 6) is 0.706. The molecule has 7 heteroatoms. The molecule has 6 nitrogen and oxygen atoms in total. The molecule has 20 heavy (non-hydrogen) atoms. The van der Waals surface area contributed by atoms with Gasteiger partial charge in [-0.2, -0.15) is 0 Å². The predicted octanol–water partition coefficient (Wildman–Crippen LogP) is 1.31. The number of hydrogen-bond donors (Lipinski definition) is 1. The zero-order valence-electron chi connectivity index (χ0n) is 11.9. The monoisotopic (exact) mass is 300 g/mol. The molecule has 1 amide bonds. The van der Waals surface area contributed by atoms with E-state index < -0.39 is 10.0 Å². The Kier molecular flexibility index (Phi) is 4.19. The first-order valence-corrected chi connectivity index (χ1v) is 8.14. The van der Waals surface area contributed by atoms with E-state index in [4.69, 9.17) is 4.42 Å². The second-order valence-corrected chi connectivity index (χ2v) is 7.30. The first-order valence-electron chi connectivity index (χ1n) is 6.66. The van der Waals surface area contributed by atoms with Gasteiger partial charge in [0.25, 0.3) is 15.9 Å². The number of carbonyl (C=O) groups is 1. The van der Waals surface area contributed by atoms with Crippen molar-refractivity contribution in [1.82, 2.24) is 9.62 Å². The molecule has 0 radical (unpaired) electrons. The van der Waals surface area contributed by atoms with E-state index in [1.807, 2.05) is 0 Å². The fraction of sp³-hybridized carbons (Fsp3) is 0.615. The second kappa shape index (κ2) is 5.57. The highest BCUT2D eigenvalue weighted by atomic mass is 32.2. The molecule has 1 aromatic rings. The molecule has 1 aromatic heterocycles. The summed E-state index contributed by atoms with van der Waals surface area (Å²) in [4.78, 5) is 14.1. The topological polar surface area (TPSA) is 79.6 Å². The zero-order chi connectivity index (χ0) is 14.9. The molecule has 0 spiro atoms. The van der Waals surface area contributed by atoms with Crippen molar-refractivity contribution in [3.05, 3.63) is 17.9 Å². The number of nitrogens with one attached hydrogen (secondary N) is 1. The number of sulfonamides is 1. The molecule has 0 aromatic carbocycles. The molecular weight excluding hydrogens is 280 g/mol. The number of amides is 1. The lowest BCUT2D eigenvalue weighted by atomic mass is 9.92. The Bertz CT molecular complexity index is 583. The van der Waals surface area contributed by atoms with Gasteiger partial charge in [0.1, 0.15) is 0 Å². The number of rotatable bonds is 3. The van der Waals surface area contributed by atoms with Crippen LogP contribution in [0.1, 0.15) is 30.8 Å². The van der Waals surface area contributed by atoms with Gasteiger partial charge in [-0.05, 0) is 37.4 Å². The van der Waals surface area contributed by atoms with Gasteiger partial charge in [0.05, 0.1) is 0 Å². The molecule has 0 saturated carbocycles. The molecule has 2 rings (SSSR count). The van der Waals surface area contributed by atoms with Crippen LogP contribution in [0, 0.1) is 11.8 Å². The van der Waals surface area contributed by atoms with Crippen LogP contribution < -0.4 is 4.72 Å². The summed E-state index contributed by atoms with van der Waals surface area (Å²) in [6, 6.07) is 2.71. The summed E-state index contributed by atoms with van der Waals surface area (Å²) in [7, 11) is -2.35. The van der Waals surface area contributed by atoms with Crippen LogP contribution >= 0.6 is 0 Å². The van der Waals surface area contributed by atoms with E-state index in [-0.39, 0.29) is 16.8 Å². The van der Waals surface area contributed by atoms with Crippen LogP contribution in [0.5, 0.6) is 0 Å². The second-order valence-electron chi connectivity index (χ2n) is 5.48. The molecule has 0 bridgehead atoms. The van der Waals surface area contributed by atoms with Gasteiger partial charge in [-0.3, -0.25) is 4.79 Å². The molecule has 1 N–H and O–H groups in total. The molecule has 0 aliphatic carbocycles. The maximum Gasteiger partial charge on any atom is 0.289 e. The van der Waals surface area contributed by atoms with E-state index in [1.165, 1.54) is 19.2 Å². The van der Waals surface area contributed by atoms with E-state index >= 15 is 0 Å². The van der Waals surface area contributed by atoms with Crippen molar-refractivity contribution in [3.63, 3.8) is 0 Å². The smallest absolute Gasteiger partial charge is 0.289 e. The van der Waals surface area contributed by atoms with Crippen molar-refractivity contribution in [2.75, 3.05) is 20.1 Å². The van der Waals surface area contributed by atoms with E-state index in [9.17, 15) is 13.2 Å². The van der Waals surface area contributed by atoms with Crippen LogP contribution in [0.3, 0.4) is 0 Å².